The summed E-state index contributed by atoms with van der Waals surface area (Å²) >= 11 is 1.24. The zero-order valence-corrected chi connectivity index (χ0v) is 22.9. The van der Waals surface area contributed by atoms with Crippen LogP contribution in [0.25, 0.3) is 11.0 Å². The number of H-pyrrole nitrogens is 1. The van der Waals surface area contributed by atoms with E-state index in [-0.39, 0.29) is 36.6 Å². The normalized spacial score (nSPS) is 11.8. The third-order valence-electron chi connectivity index (χ3n) is 5.45. The summed E-state index contributed by atoms with van der Waals surface area (Å²) in [5, 5.41) is 4.73. The number of carbonyl (C=O) groups is 2. The Kier molecular flexibility index (Phi) is 8.62. The summed E-state index contributed by atoms with van der Waals surface area (Å²) in [4.78, 5) is 39.2. The lowest BCUT2D eigenvalue weighted by atomic mass is 10.2. The fraction of sp³-hybridized carbons (Fsp3) is 0.333. The summed E-state index contributed by atoms with van der Waals surface area (Å²) in [5.74, 6) is -0.336. The van der Waals surface area contributed by atoms with Crippen LogP contribution in [-0.4, -0.2) is 50.4 Å². The molecule has 2 amide bonds. The second kappa shape index (κ2) is 11.9. The number of nitrogens with zero attached hydrogens (tertiary/aromatic N) is 3. The quantitative estimate of drug-likeness (QED) is 0.260. The fourth-order valence-corrected chi connectivity index (χ4v) is 4.49. The highest BCUT2D eigenvalue weighted by atomic mass is 32.1. The van der Waals surface area contributed by atoms with Crippen LogP contribution in [0.15, 0.2) is 53.9 Å². The monoisotopic (exact) mass is 575 g/mol. The zero-order chi connectivity index (χ0) is 28.9. The van der Waals surface area contributed by atoms with Crippen LogP contribution >= 0.6 is 11.3 Å². The lowest BCUT2D eigenvalue weighted by Gasteiger charge is -2.26. The van der Waals surface area contributed by atoms with Crippen molar-refractivity contribution in [3.05, 3.63) is 76.0 Å². The Morgan fingerprint density at radius 1 is 1.05 bits per heavy atom. The zero-order valence-electron chi connectivity index (χ0n) is 22.0. The molecule has 0 fully saturated rings. The van der Waals surface area contributed by atoms with E-state index < -0.39 is 24.0 Å². The van der Waals surface area contributed by atoms with Crippen molar-refractivity contribution in [2.24, 2.45) is 0 Å². The van der Waals surface area contributed by atoms with Crippen molar-refractivity contribution in [1.82, 2.24) is 25.2 Å². The molecular formula is C27H28F3N5O4S. The number of para-hydroxylation sites is 3. The van der Waals surface area contributed by atoms with Crippen LogP contribution in [0, 0.1) is 0 Å². The van der Waals surface area contributed by atoms with E-state index in [4.69, 9.17) is 4.74 Å². The topological polar surface area (TPSA) is 109 Å². The summed E-state index contributed by atoms with van der Waals surface area (Å²) in [6.07, 6.45) is -5.01. The highest BCUT2D eigenvalue weighted by Gasteiger charge is 2.32. The van der Waals surface area contributed by atoms with Crippen LogP contribution in [0.1, 0.15) is 47.7 Å². The number of hydrogen-bond acceptors (Lipinski definition) is 7. The third kappa shape index (κ3) is 8.18. The number of rotatable bonds is 9. The SMILES string of the molecule is CC(C)(C)OC(=O)N(CCc1nc(C(=O)NCc2ccccc2OC(F)(F)F)cs1)Cc1nc2ccccc2[nH]1. The van der Waals surface area contributed by atoms with Gasteiger partial charge in [0.05, 0.1) is 22.6 Å². The molecule has 0 aliphatic carbocycles. The second-order valence-electron chi connectivity index (χ2n) is 9.82. The molecule has 2 heterocycles. The van der Waals surface area contributed by atoms with Gasteiger partial charge in [-0.05, 0) is 39.0 Å². The first-order chi connectivity index (χ1) is 18.9. The van der Waals surface area contributed by atoms with Gasteiger partial charge in [-0.3, -0.25) is 4.79 Å². The largest absolute Gasteiger partial charge is 0.573 e. The molecule has 0 bridgehead atoms. The number of carbonyl (C=O) groups excluding carboxylic acids is 2. The van der Waals surface area contributed by atoms with E-state index in [0.29, 0.717) is 17.3 Å². The van der Waals surface area contributed by atoms with E-state index in [1.165, 1.54) is 34.4 Å². The molecule has 4 aromatic rings. The maximum absolute atomic E-state index is 12.9. The molecule has 0 saturated heterocycles. The number of thiazole rings is 1. The molecule has 0 radical (unpaired) electrons. The highest BCUT2D eigenvalue weighted by molar-refractivity contribution is 7.09. The summed E-state index contributed by atoms with van der Waals surface area (Å²) in [6, 6.07) is 13.1. The number of fused-ring (bicyclic) bond motifs is 1. The first-order valence-corrected chi connectivity index (χ1v) is 13.2. The number of amides is 2. The molecule has 0 aliphatic rings. The van der Waals surface area contributed by atoms with Gasteiger partial charge in [-0.1, -0.05) is 30.3 Å². The molecule has 2 aromatic heterocycles. The number of nitrogens with one attached hydrogen (secondary N) is 2. The van der Waals surface area contributed by atoms with Crippen LogP contribution in [-0.2, 0) is 24.2 Å². The molecule has 212 valence electrons. The van der Waals surface area contributed by atoms with Gasteiger partial charge >= 0.3 is 12.5 Å². The maximum atomic E-state index is 12.9. The van der Waals surface area contributed by atoms with Gasteiger partial charge in [0.15, 0.2) is 0 Å². The number of halogens is 3. The van der Waals surface area contributed by atoms with Crippen molar-refractivity contribution in [2.75, 3.05) is 6.54 Å². The average molecular weight is 576 g/mol. The van der Waals surface area contributed by atoms with Gasteiger partial charge in [0.2, 0.25) is 0 Å². The minimum Gasteiger partial charge on any atom is -0.444 e. The standard InChI is InChI=1S/C27H28F3N5O4S/c1-26(2,3)39-25(37)35(15-22-32-18-9-5-6-10-19(18)33-22)13-12-23-34-20(16-40-23)24(36)31-14-17-8-4-7-11-21(17)38-27(28,29)30/h4-11,16H,12-15H2,1-3H3,(H,31,36)(H,32,33). The summed E-state index contributed by atoms with van der Waals surface area (Å²) in [5.41, 5.74) is 1.23. The fourth-order valence-electron chi connectivity index (χ4n) is 3.72. The molecule has 0 aliphatic heterocycles. The molecule has 0 atom stereocenters. The molecule has 2 aromatic carbocycles. The molecule has 0 unspecified atom stereocenters. The first-order valence-electron chi connectivity index (χ1n) is 12.3. The Balaban J connectivity index is 1.39. The maximum Gasteiger partial charge on any atom is 0.573 e. The van der Waals surface area contributed by atoms with E-state index in [1.807, 2.05) is 24.3 Å². The van der Waals surface area contributed by atoms with Gasteiger partial charge in [0, 0.05) is 30.5 Å². The second-order valence-corrected chi connectivity index (χ2v) is 10.8. The lowest BCUT2D eigenvalue weighted by Crippen LogP contribution is -2.38. The average Bonchev–Trinajstić information content (AvgIpc) is 3.50. The van der Waals surface area contributed by atoms with Crippen LogP contribution in [0.5, 0.6) is 5.75 Å². The smallest absolute Gasteiger partial charge is 0.444 e. The molecule has 0 saturated carbocycles. The molecule has 13 heteroatoms. The van der Waals surface area contributed by atoms with E-state index in [1.54, 1.807) is 32.2 Å². The third-order valence-corrected chi connectivity index (χ3v) is 6.36. The highest BCUT2D eigenvalue weighted by Crippen LogP contribution is 2.26. The number of aromatic nitrogens is 3. The van der Waals surface area contributed by atoms with Crippen molar-refractivity contribution in [1.29, 1.82) is 0 Å². The molecule has 2 N–H and O–H groups in total. The van der Waals surface area contributed by atoms with Crippen LogP contribution in [0.3, 0.4) is 0 Å². The molecule has 40 heavy (non-hydrogen) atoms. The minimum atomic E-state index is -4.85. The van der Waals surface area contributed by atoms with Crippen molar-refractivity contribution >= 4 is 34.4 Å². The predicted octanol–water partition coefficient (Wildman–Crippen LogP) is 5.83. The van der Waals surface area contributed by atoms with Gasteiger partial charge < -0.3 is 24.7 Å². The minimum absolute atomic E-state index is 0.121. The van der Waals surface area contributed by atoms with Crippen molar-refractivity contribution in [3.63, 3.8) is 0 Å². The number of imidazole rings is 1. The van der Waals surface area contributed by atoms with E-state index >= 15 is 0 Å². The van der Waals surface area contributed by atoms with Gasteiger partial charge in [-0.25, -0.2) is 14.8 Å². The predicted molar refractivity (Wildman–Crippen MR) is 143 cm³/mol. The first kappa shape index (κ1) is 28.9. The molecule has 9 nitrogen and oxygen atoms in total. The van der Waals surface area contributed by atoms with Gasteiger partial charge in [0.25, 0.3) is 5.91 Å². The summed E-state index contributed by atoms with van der Waals surface area (Å²) < 4.78 is 47.6. The van der Waals surface area contributed by atoms with E-state index in [0.717, 1.165) is 11.0 Å². The van der Waals surface area contributed by atoms with Gasteiger partial charge in [0.1, 0.15) is 22.9 Å². The van der Waals surface area contributed by atoms with Crippen molar-refractivity contribution < 1.29 is 32.2 Å². The molecule has 0 spiro atoms. The number of ether oxygens (including phenoxy) is 2. The Labute approximate surface area is 232 Å². The number of benzene rings is 2. The number of aromatic amines is 1. The van der Waals surface area contributed by atoms with Gasteiger partial charge in [-0.15, -0.1) is 24.5 Å². The number of alkyl halides is 3. The van der Waals surface area contributed by atoms with Crippen molar-refractivity contribution in [2.45, 2.75) is 52.2 Å². The van der Waals surface area contributed by atoms with Gasteiger partial charge in [-0.2, -0.15) is 0 Å². The van der Waals surface area contributed by atoms with Crippen LogP contribution < -0.4 is 10.1 Å². The molecular weight excluding hydrogens is 547 g/mol. The Morgan fingerprint density at radius 2 is 1.77 bits per heavy atom. The Bertz CT molecular complexity index is 1450. The van der Waals surface area contributed by atoms with Crippen molar-refractivity contribution in [3.8, 4) is 5.75 Å². The lowest BCUT2D eigenvalue weighted by molar-refractivity contribution is -0.274. The summed E-state index contributed by atoms with van der Waals surface area (Å²) in [6.45, 7) is 5.60. The Morgan fingerprint density at radius 3 is 2.50 bits per heavy atom. The molecule has 4 rings (SSSR count). The Hall–Kier alpha value is -4.13. The van der Waals surface area contributed by atoms with E-state index in [9.17, 15) is 22.8 Å². The van der Waals surface area contributed by atoms with Crippen LogP contribution in [0.4, 0.5) is 18.0 Å². The van der Waals surface area contributed by atoms with E-state index in [2.05, 4.69) is 25.0 Å². The summed E-state index contributed by atoms with van der Waals surface area (Å²) in [7, 11) is 0. The number of hydrogen-bond donors (Lipinski definition) is 2. The van der Waals surface area contributed by atoms with Crippen LogP contribution in [0.2, 0.25) is 0 Å².